The van der Waals surface area contributed by atoms with Crippen LogP contribution in [0.2, 0.25) is 0 Å². The largest absolute Gasteiger partial charge is 0.493 e. The summed E-state index contributed by atoms with van der Waals surface area (Å²) in [6.07, 6.45) is 3.82. The number of piperidine rings is 1. The third kappa shape index (κ3) is 5.83. The van der Waals surface area contributed by atoms with Crippen molar-refractivity contribution in [3.8, 4) is 17.6 Å². The van der Waals surface area contributed by atoms with Crippen molar-refractivity contribution in [1.29, 1.82) is 5.26 Å². The molecule has 6 heteroatoms. The minimum Gasteiger partial charge on any atom is -0.493 e. The van der Waals surface area contributed by atoms with E-state index in [9.17, 15) is 5.11 Å². The normalized spacial score (nSPS) is 20.3. The van der Waals surface area contributed by atoms with Gasteiger partial charge in [-0.3, -0.25) is 4.90 Å². The average Bonchev–Trinajstić information content (AvgIpc) is 3.20. The first-order valence-corrected chi connectivity index (χ1v) is 10.00. The maximum absolute atomic E-state index is 10.3. The molecule has 0 unspecified atom stereocenters. The van der Waals surface area contributed by atoms with Crippen LogP contribution in [0.25, 0.3) is 0 Å². The number of benzene rings is 1. The Morgan fingerprint density at radius 1 is 1.15 bits per heavy atom. The molecular formula is C21H31N3O3. The van der Waals surface area contributed by atoms with Crippen LogP contribution < -0.4 is 9.47 Å². The van der Waals surface area contributed by atoms with Gasteiger partial charge in [0.2, 0.25) is 0 Å². The van der Waals surface area contributed by atoms with E-state index in [1.165, 1.54) is 12.8 Å². The van der Waals surface area contributed by atoms with Crippen molar-refractivity contribution in [3.05, 3.63) is 23.8 Å². The van der Waals surface area contributed by atoms with Crippen molar-refractivity contribution in [2.75, 3.05) is 46.4 Å². The van der Waals surface area contributed by atoms with E-state index < -0.39 is 6.10 Å². The van der Waals surface area contributed by atoms with E-state index in [-0.39, 0.29) is 12.5 Å². The summed E-state index contributed by atoms with van der Waals surface area (Å²) < 4.78 is 11.3. The molecule has 0 aliphatic carbocycles. The van der Waals surface area contributed by atoms with Crippen molar-refractivity contribution in [3.63, 3.8) is 0 Å². The molecule has 0 bridgehead atoms. The molecule has 0 amide bonds. The zero-order valence-corrected chi connectivity index (χ0v) is 16.3. The highest BCUT2D eigenvalue weighted by molar-refractivity contribution is 5.43. The van der Waals surface area contributed by atoms with Crippen LogP contribution in [0.5, 0.6) is 11.5 Å². The molecular weight excluding hydrogens is 342 g/mol. The fraction of sp³-hybridized carbons (Fsp3) is 0.667. The van der Waals surface area contributed by atoms with Gasteiger partial charge in [-0.15, -0.1) is 0 Å². The van der Waals surface area contributed by atoms with Gasteiger partial charge in [-0.05, 0) is 69.6 Å². The average molecular weight is 373 g/mol. The molecule has 1 aromatic carbocycles. The van der Waals surface area contributed by atoms with E-state index in [0.717, 1.165) is 51.1 Å². The second-order valence-electron chi connectivity index (χ2n) is 7.64. The van der Waals surface area contributed by atoms with Crippen LogP contribution in [0.1, 0.15) is 31.2 Å². The van der Waals surface area contributed by atoms with Crippen molar-refractivity contribution >= 4 is 0 Å². The van der Waals surface area contributed by atoms with E-state index in [2.05, 4.69) is 21.9 Å². The number of aliphatic hydroxyl groups excluding tert-OH is 1. The highest BCUT2D eigenvalue weighted by atomic mass is 16.5. The maximum atomic E-state index is 10.3. The second kappa shape index (κ2) is 9.93. The summed E-state index contributed by atoms with van der Waals surface area (Å²) in [5, 5.41) is 19.3. The second-order valence-corrected chi connectivity index (χ2v) is 7.64. The van der Waals surface area contributed by atoms with Gasteiger partial charge in [0, 0.05) is 19.0 Å². The lowest BCUT2D eigenvalue weighted by Crippen LogP contribution is -2.33. The lowest BCUT2D eigenvalue weighted by atomic mass is 9.98. The highest BCUT2D eigenvalue weighted by Gasteiger charge is 2.20. The summed E-state index contributed by atoms with van der Waals surface area (Å²) in [7, 11) is 1.63. The molecule has 1 N–H and O–H groups in total. The monoisotopic (exact) mass is 373 g/mol. The molecule has 0 saturated carbocycles. The number of methoxy groups -OCH3 is 1. The molecule has 0 radical (unpaired) electrons. The third-order valence-corrected chi connectivity index (χ3v) is 5.50. The molecule has 0 spiro atoms. The van der Waals surface area contributed by atoms with E-state index in [0.29, 0.717) is 18.0 Å². The summed E-state index contributed by atoms with van der Waals surface area (Å²) in [4.78, 5) is 4.66. The van der Waals surface area contributed by atoms with Gasteiger partial charge in [-0.2, -0.15) is 5.26 Å². The summed E-state index contributed by atoms with van der Waals surface area (Å²) in [5.41, 5.74) is 1.16. The predicted octanol–water partition coefficient (Wildman–Crippen LogP) is 2.27. The lowest BCUT2D eigenvalue weighted by Gasteiger charge is -2.29. The van der Waals surface area contributed by atoms with Crippen LogP contribution in [0.4, 0.5) is 0 Å². The first-order valence-electron chi connectivity index (χ1n) is 10.00. The lowest BCUT2D eigenvalue weighted by molar-refractivity contribution is 0.0746. The molecule has 2 saturated heterocycles. The zero-order valence-electron chi connectivity index (χ0n) is 16.3. The molecule has 2 fully saturated rings. The molecule has 1 aromatic rings. The summed E-state index contributed by atoms with van der Waals surface area (Å²) in [5.74, 6) is 1.57. The van der Waals surface area contributed by atoms with Gasteiger partial charge in [0.1, 0.15) is 12.7 Å². The number of hydrogen-bond acceptors (Lipinski definition) is 6. The van der Waals surface area contributed by atoms with E-state index in [1.807, 2.05) is 12.1 Å². The van der Waals surface area contributed by atoms with Gasteiger partial charge in [-0.25, -0.2) is 0 Å². The molecule has 0 aromatic heterocycles. The van der Waals surface area contributed by atoms with Gasteiger partial charge in [0.25, 0.3) is 0 Å². The topological polar surface area (TPSA) is 69.0 Å². The van der Waals surface area contributed by atoms with Gasteiger partial charge in [-0.1, -0.05) is 6.07 Å². The Bertz CT molecular complexity index is 632. The quantitative estimate of drug-likeness (QED) is 0.754. The molecule has 2 heterocycles. The fourth-order valence-corrected chi connectivity index (χ4v) is 3.91. The number of rotatable bonds is 8. The Hall–Kier alpha value is -1.81. The van der Waals surface area contributed by atoms with Crippen molar-refractivity contribution in [1.82, 2.24) is 9.80 Å². The smallest absolute Gasteiger partial charge is 0.161 e. The van der Waals surface area contributed by atoms with Gasteiger partial charge >= 0.3 is 0 Å². The van der Waals surface area contributed by atoms with Crippen LogP contribution in [0.3, 0.4) is 0 Å². The number of β-amino-alcohol motifs (C(OH)–C–C–N with tert-alkyl or cyclic N) is 1. The number of ether oxygens (including phenoxy) is 2. The zero-order chi connectivity index (χ0) is 19.1. The van der Waals surface area contributed by atoms with Crippen molar-refractivity contribution in [2.24, 2.45) is 5.92 Å². The number of aliphatic hydroxyl groups is 1. The van der Waals surface area contributed by atoms with E-state index in [4.69, 9.17) is 14.7 Å². The number of nitriles is 1. The Morgan fingerprint density at radius 3 is 2.56 bits per heavy atom. The van der Waals surface area contributed by atoms with Gasteiger partial charge in [0.15, 0.2) is 11.5 Å². The Balaban J connectivity index is 1.54. The fourth-order valence-electron chi connectivity index (χ4n) is 3.91. The van der Waals surface area contributed by atoms with E-state index >= 15 is 0 Å². The predicted molar refractivity (Wildman–Crippen MR) is 104 cm³/mol. The van der Waals surface area contributed by atoms with Crippen LogP contribution in [-0.4, -0.2) is 67.5 Å². The van der Waals surface area contributed by atoms with Crippen molar-refractivity contribution in [2.45, 2.75) is 38.3 Å². The highest BCUT2D eigenvalue weighted by Crippen LogP contribution is 2.29. The summed E-state index contributed by atoms with van der Waals surface area (Å²) >= 11 is 0. The van der Waals surface area contributed by atoms with E-state index in [1.54, 1.807) is 7.11 Å². The Morgan fingerprint density at radius 2 is 1.89 bits per heavy atom. The molecule has 3 rings (SSSR count). The van der Waals surface area contributed by atoms with Gasteiger partial charge in [0.05, 0.1) is 13.2 Å². The van der Waals surface area contributed by atoms with Crippen molar-refractivity contribution < 1.29 is 14.6 Å². The van der Waals surface area contributed by atoms with Crippen LogP contribution in [0, 0.1) is 17.2 Å². The molecule has 2 aliphatic rings. The molecule has 6 nitrogen and oxygen atoms in total. The van der Waals surface area contributed by atoms with Crippen LogP contribution in [0.15, 0.2) is 18.2 Å². The maximum Gasteiger partial charge on any atom is 0.161 e. The molecule has 27 heavy (non-hydrogen) atoms. The third-order valence-electron chi connectivity index (χ3n) is 5.50. The molecule has 2 aliphatic heterocycles. The SMILES string of the molecule is COc1ccc(CN2CCC(C#N)CC2)cc1OC[C@@H](O)CN1CCCC1. The van der Waals surface area contributed by atoms with Gasteiger partial charge < -0.3 is 19.5 Å². The Labute approximate surface area is 162 Å². The first kappa shape index (κ1) is 19.9. The minimum atomic E-state index is -0.499. The summed E-state index contributed by atoms with van der Waals surface area (Å²) in [6.45, 7) is 5.81. The molecule has 1 atom stereocenters. The number of nitrogens with zero attached hydrogens (tertiary/aromatic N) is 3. The molecule has 148 valence electrons. The minimum absolute atomic E-state index is 0.202. The first-order chi connectivity index (χ1) is 13.2. The van der Waals surface area contributed by atoms with Crippen LogP contribution in [-0.2, 0) is 6.54 Å². The number of hydrogen-bond donors (Lipinski definition) is 1. The van der Waals surface area contributed by atoms with Crippen LogP contribution >= 0.6 is 0 Å². The Kier molecular flexibility index (Phi) is 7.33. The standard InChI is InChI=1S/C21H31N3O3/c1-26-20-5-4-18(14-24-10-6-17(13-22)7-11-24)12-21(20)27-16-19(25)15-23-8-2-3-9-23/h4-5,12,17,19,25H,2-3,6-11,14-16H2,1H3/t19-/m0/s1. The number of likely N-dealkylation sites (tertiary alicyclic amines) is 2. The summed E-state index contributed by atoms with van der Waals surface area (Å²) in [6, 6.07) is 8.38.